The van der Waals surface area contributed by atoms with Crippen molar-refractivity contribution in [2.24, 2.45) is 0 Å². The fourth-order valence-electron chi connectivity index (χ4n) is 2.17. The first-order valence-corrected chi connectivity index (χ1v) is 7.61. The van der Waals surface area contributed by atoms with Crippen molar-refractivity contribution in [2.75, 3.05) is 6.54 Å². The van der Waals surface area contributed by atoms with Gasteiger partial charge in [-0.25, -0.2) is 4.98 Å². The minimum Gasteiger partial charge on any atom is -0.481 e. The summed E-state index contributed by atoms with van der Waals surface area (Å²) in [5.41, 5.74) is 1.37. The molecule has 1 heterocycles. The summed E-state index contributed by atoms with van der Waals surface area (Å²) in [6, 6.07) is 9.40. The molecule has 0 atom stereocenters. The lowest BCUT2D eigenvalue weighted by Gasteiger charge is -2.03. The molecular weight excluding hydrogens is 296 g/mol. The van der Waals surface area contributed by atoms with E-state index < -0.39 is 5.97 Å². The molecule has 1 aromatic heterocycles. The number of rotatable bonds is 8. The summed E-state index contributed by atoms with van der Waals surface area (Å²) in [6.45, 7) is 2.22. The number of carboxylic acid groups (broad SMARTS) is 1. The summed E-state index contributed by atoms with van der Waals surface area (Å²) in [4.78, 5) is 26.8. The zero-order valence-electron chi connectivity index (χ0n) is 13.0. The average Bonchev–Trinajstić information content (AvgIpc) is 2.93. The van der Waals surface area contributed by atoms with Crippen LogP contribution in [0.2, 0.25) is 0 Å². The second kappa shape index (κ2) is 8.12. The lowest BCUT2D eigenvalue weighted by atomic mass is 10.2. The Balaban J connectivity index is 1.85. The maximum Gasteiger partial charge on any atom is 0.303 e. The quantitative estimate of drug-likeness (QED) is 0.730. The number of benzene rings is 1. The Morgan fingerprint density at radius 3 is 2.61 bits per heavy atom. The van der Waals surface area contributed by atoms with Gasteiger partial charge in [-0.1, -0.05) is 24.6 Å². The van der Waals surface area contributed by atoms with Crippen LogP contribution in [0.5, 0.6) is 0 Å². The smallest absolute Gasteiger partial charge is 0.303 e. The molecule has 122 valence electrons. The van der Waals surface area contributed by atoms with Gasteiger partial charge in [0.1, 0.15) is 0 Å². The normalized spacial score (nSPS) is 10.5. The maximum atomic E-state index is 12.1. The van der Waals surface area contributed by atoms with Gasteiger partial charge < -0.3 is 14.8 Å². The van der Waals surface area contributed by atoms with Gasteiger partial charge in [0.25, 0.3) is 5.91 Å². The highest BCUT2D eigenvalue weighted by Crippen LogP contribution is 2.21. The average molecular weight is 316 g/mol. The first-order chi connectivity index (χ1) is 11.1. The van der Waals surface area contributed by atoms with Gasteiger partial charge in [-0.2, -0.15) is 0 Å². The summed E-state index contributed by atoms with van der Waals surface area (Å²) in [5.74, 6) is -0.445. The highest BCUT2D eigenvalue weighted by atomic mass is 16.4. The van der Waals surface area contributed by atoms with E-state index in [9.17, 15) is 9.59 Å². The number of carbonyl (C=O) groups is 2. The van der Waals surface area contributed by atoms with E-state index in [-0.39, 0.29) is 18.1 Å². The maximum absolute atomic E-state index is 12.1. The van der Waals surface area contributed by atoms with E-state index in [2.05, 4.69) is 10.3 Å². The summed E-state index contributed by atoms with van der Waals surface area (Å²) in [5, 5.41) is 11.3. The Kier molecular flexibility index (Phi) is 5.91. The number of amides is 1. The molecule has 0 spiro atoms. The molecule has 0 saturated carbocycles. The number of aliphatic carboxylic acids is 1. The van der Waals surface area contributed by atoms with Crippen LogP contribution in [-0.4, -0.2) is 28.5 Å². The van der Waals surface area contributed by atoms with Crippen LogP contribution < -0.4 is 5.32 Å². The zero-order valence-corrected chi connectivity index (χ0v) is 13.0. The SMILES string of the molecule is Cc1nc(-c2ccccc2)oc1C(=O)NCCCCCC(=O)O. The molecule has 0 aliphatic heterocycles. The van der Waals surface area contributed by atoms with Crippen LogP contribution in [0.3, 0.4) is 0 Å². The van der Waals surface area contributed by atoms with E-state index in [0.29, 0.717) is 24.6 Å². The molecule has 2 N–H and O–H groups in total. The first-order valence-electron chi connectivity index (χ1n) is 7.61. The zero-order chi connectivity index (χ0) is 16.7. The Morgan fingerprint density at radius 2 is 1.91 bits per heavy atom. The molecule has 0 bridgehead atoms. The number of nitrogens with one attached hydrogen (secondary N) is 1. The van der Waals surface area contributed by atoms with Crippen molar-refractivity contribution in [2.45, 2.75) is 32.6 Å². The molecule has 0 fully saturated rings. The number of carboxylic acids is 1. The highest BCUT2D eigenvalue weighted by Gasteiger charge is 2.17. The van der Waals surface area contributed by atoms with Crippen LogP contribution in [0.4, 0.5) is 0 Å². The second-order valence-electron chi connectivity index (χ2n) is 5.26. The number of aryl methyl sites for hydroxylation is 1. The molecule has 0 aliphatic rings. The lowest BCUT2D eigenvalue weighted by Crippen LogP contribution is -2.24. The number of aromatic nitrogens is 1. The fraction of sp³-hybridized carbons (Fsp3) is 0.353. The standard InChI is InChI=1S/C17H20N2O4/c1-12-15(16(22)18-11-7-3-6-10-14(20)21)23-17(19-12)13-8-4-2-5-9-13/h2,4-5,8-9H,3,6-7,10-11H2,1H3,(H,18,22)(H,20,21). The molecule has 1 aromatic carbocycles. The molecule has 2 rings (SSSR count). The van der Waals surface area contributed by atoms with Gasteiger partial charge in [0, 0.05) is 18.5 Å². The third kappa shape index (κ3) is 4.95. The number of unbranched alkanes of at least 4 members (excludes halogenated alkanes) is 2. The highest BCUT2D eigenvalue weighted by molar-refractivity contribution is 5.92. The van der Waals surface area contributed by atoms with E-state index >= 15 is 0 Å². The Morgan fingerprint density at radius 1 is 1.17 bits per heavy atom. The molecule has 6 heteroatoms. The number of carbonyl (C=O) groups excluding carboxylic acids is 1. The van der Waals surface area contributed by atoms with Gasteiger partial charge in [0.15, 0.2) is 0 Å². The molecule has 1 amide bonds. The van der Waals surface area contributed by atoms with Crippen LogP contribution >= 0.6 is 0 Å². The van der Waals surface area contributed by atoms with Crippen molar-refractivity contribution < 1.29 is 19.1 Å². The van der Waals surface area contributed by atoms with Crippen molar-refractivity contribution in [3.8, 4) is 11.5 Å². The van der Waals surface area contributed by atoms with E-state index in [1.54, 1.807) is 6.92 Å². The van der Waals surface area contributed by atoms with Crippen LogP contribution in [0.1, 0.15) is 41.9 Å². The predicted octanol–water partition coefficient (Wildman–Crippen LogP) is 3.02. The Bertz CT molecular complexity index is 664. The molecule has 6 nitrogen and oxygen atoms in total. The van der Waals surface area contributed by atoms with Gasteiger partial charge in [0.05, 0.1) is 5.69 Å². The van der Waals surface area contributed by atoms with Gasteiger partial charge in [-0.05, 0) is 31.9 Å². The van der Waals surface area contributed by atoms with Crippen LogP contribution in [0.15, 0.2) is 34.7 Å². The predicted molar refractivity (Wildman–Crippen MR) is 85.1 cm³/mol. The topological polar surface area (TPSA) is 92.4 Å². The van der Waals surface area contributed by atoms with E-state index in [1.165, 1.54) is 0 Å². The van der Waals surface area contributed by atoms with Crippen molar-refractivity contribution in [1.29, 1.82) is 0 Å². The molecule has 0 saturated heterocycles. The number of hydrogen-bond donors (Lipinski definition) is 2. The van der Waals surface area contributed by atoms with Gasteiger partial charge >= 0.3 is 5.97 Å². The fourth-order valence-corrected chi connectivity index (χ4v) is 2.17. The van der Waals surface area contributed by atoms with Gasteiger partial charge in [-0.3, -0.25) is 9.59 Å². The van der Waals surface area contributed by atoms with Crippen LogP contribution in [-0.2, 0) is 4.79 Å². The summed E-state index contributed by atoms with van der Waals surface area (Å²) < 4.78 is 5.57. The summed E-state index contributed by atoms with van der Waals surface area (Å²) in [6.07, 6.45) is 2.27. The lowest BCUT2D eigenvalue weighted by molar-refractivity contribution is -0.137. The molecule has 0 radical (unpaired) electrons. The second-order valence-corrected chi connectivity index (χ2v) is 5.26. The molecule has 2 aromatic rings. The minimum atomic E-state index is -0.792. The molecule has 23 heavy (non-hydrogen) atoms. The van der Waals surface area contributed by atoms with Crippen LogP contribution in [0.25, 0.3) is 11.5 Å². The summed E-state index contributed by atoms with van der Waals surface area (Å²) in [7, 11) is 0. The minimum absolute atomic E-state index is 0.162. The van der Waals surface area contributed by atoms with Gasteiger partial charge in [-0.15, -0.1) is 0 Å². The van der Waals surface area contributed by atoms with E-state index in [1.807, 2.05) is 30.3 Å². The number of oxazole rings is 1. The van der Waals surface area contributed by atoms with Crippen molar-refractivity contribution in [3.05, 3.63) is 41.8 Å². The number of nitrogens with zero attached hydrogens (tertiary/aromatic N) is 1. The van der Waals surface area contributed by atoms with Gasteiger partial charge in [0.2, 0.25) is 11.7 Å². The monoisotopic (exact) mass is 316 g/mol. The molecule has 0 aliphatic carbocycles. The van der Waals surface area contributed by atoms with E-state index in [0.717, 1.165) is 18.4 Å². The van der Waals surface area contributed by atoms with E-state index in [4.69, 9.17) is 9.52 Å². The first kappa shape index (κ1) is 16.7. The Hall–Kier alpha value is -2.63. The molecule has 0 unspecified atom stereocenters. The number of hydrogen-bond acceptors (Lipinski definition) is 4. The third-order valence-corrected chi connectivity index (χ3v) is 3.38. The van der Waals surface area contributed by atoms with Crippen molar-refractivity contribution in [1.82, 2.24) is 10.3 Å². The molecular formula is C17H20N2O4. The van der Waals surface area contributed by atoms with Crippen LogP contribution in [0, 0.1) is 6.92 Å². The summed E-state index contributed by atoms with van der Waals surface area (Å²) >= 11 is 0. The van der Waals surface area contributed by atoms with Crippen molar-refractivity contribution >= 4 is 11.9 Å². The largest absolute Gasteiger partial charge is 0.481 e. The Labute approximate surface area is 134 Å². The third-order valence-electron chi connectivity index (χ3n) is 3.38. The van der Waals surface area contributed by atoms with Crippen molar-refractivity contribution in [3.63, 3.8) is 0 Å².